The molecule has 0 radical (unpaired) electrons. The second kappa shape index (κ2) is 18.6. The SMILES string of the molecule is COC(=O)N[C@H](C(=O)N1[C@@H](C)CC[C@H]1c1ncc(-c2ccc(C#Cc3ccc(-c4cnc([C@@H]5CC[C@H](C)N5C(=O)[C@H](C(C)C)N(C)C(=O)O)[nH]4)cc3)cc2)[nH]1)C1CCOCC1. The lowest BCUT2D eigenvalue weighted by Gasteiger charge is -2.36. The van der Waals surface area contributed by atoms with E-state index in [-0.39, 0.29) is 47.8 Å². The third-order valence-corrected chi connectivity index (χ3v) is 12.5. The summed E-state index contributed by atoms with van der Waals surface area (Å²) in [6.07, 6.45) is 6.29. The molecular weight excluding hydrogens is 777 g/mol. The molecular formula is C46H56N8O7. The van der Waals surface area contributed by atoms with Crippen molar-refractivity contribution in [2.24, 2.45) is 11.8 Å². The van der Waals surface area contributed by atoms with Gasteiger partial charge < -0.3 is 39.7 Å². The maximum atomic E-state index is 14.1. The van der Waals surface area contributed by atoms with E-state index in [1.807, 2.05) is 81.1 Å². The first-order valence-corrected chi connectivity index (χ1v) is 21.2. The van der Waals surface area contributed by atoms with E-state index < -0.39 is 24.3 Å². The smallest absolute Gasteiger partial charge is 0.407 e. The van der Waals surface area contributed by atoms with Crippen LogP contribution in [0.15, 0.2) is 60.9 Å². The first kappa shape index (κ1) is 43.0. The van der Waals surface area contributed by atoms with Gasteiger partial charge in [-0.05, 0) is 99.6 Å². The van der Waals surface area contributed by atoms with E-state index in [9.17, 15) is 24.3 Å². The molecule has 0 aliphatic carbocycles. The van der Waals surface area contributed by atoms with Crippen molar-refractivity contribution in [3.05, 3.63) is 83.7 Å². The normalized spacial score (nSPS) is 21.4. The number of carboxylic acid groups (broad SMARTS) is 1. The maximum absolute atomic E-state index is 14.1. The number of aromatic nitrogens is 4. The lowest BCUT2D eigenvalue weighted by Crippen LogP contribution is -2.54. The van der Waals surface area contributed by atoms with Gasteiger partial charge in [0.15, 0.2) is 0 Å². The maximum Gasteiger partial charge on any atom is 0.407 e. The van der Waals surface area contributed by atoms with Gasteiger partial charge in [-0.15, -0.1) is 0 Å². The molecule has 3 aliphatic heterocycles. The number of hydrogen-bond acceptors (Lipinski definition) is 8. The summed E-state index contributed by atoms with van der Waals surface area (Å²) in [6.45, 7) is 8.86. The molecule has 15 heteroatoms. The number of likely N-dealkylation sites (tertiary alicyclic amines) is 2. The van der Waals surface area contributed by atoms with Crippen LogP contribution in [0.3, 0.4) is 0 Å². The molecule has 4 amide bonds. The number of nitrogens with one attached hydrogen (secondary N) is 3. The fourth-order valence-electron chi connectivity index (χ4n) is 9.11. The molecule has 3 saturated heterocycles. The number of imidazole rings is 2. The first-order chi connectivity index (χ1) is 29.3. The Bertz CT molecular complexity index is 2250. The Balaban J connectivity index is 0.994. The van der Waals surface area contributed by atoms with E-state index in [4.69, 9.17) is 14.5 Å². The van der Waals surface area contributed by atoms with E-state index in [0.717, 1.165) is 64.2 Å². The molecule has 5 heterocycles. The van der Waals surface area contributed by atoms with Crippen LogP contribution in [0.5, 0.6) is 0 Å². The average Bonchev–Trinajstić information content (AvgIpc) is 4.09. The Morgan fingerprint density at radius 3 is 1.70 bits per heavy atom. The number of alkyl carbamates (subject to hydrolysis) is 1. The number of aromatic amines is 2. The van der Waals surface area contributed by atoms with Crippen molar-refractivity contribution in [3.63, 3.8) is 0 Å². The lowest BCUT2D eigenvalue weighted by atomic mass is 9.90. The number of benzene rings is 2. The highest BCUT2D eigenvalue weighted by Gasteiger charge is 2.44. The van der Waals surface area contributed by atoms with Gasteiger partial charge in [0, 0.05) is 43.5 Å². The van der Waals surface area contributed by atoms with Crippen LogP contribution in [0.25, 0.3) is 22.5 Å². The second-order valence-electron chi connectivity index (χ2n) is 16.8. The third kappa shape index (κ3) is 9.29. The molecule has 4 N–H and O–H groups in total. The predicted molar refractivity (Wildman–Crippen MR) is 228 cm³/mol. The van der Waals surface area contributed by atoms with E-state index in [0.29, 0.717) is 37.7 Å². The van der Waals surface area contributed by atoms with Crippen LogP contribution in [-0.4, -0.2) is 115 Å². The van der Waals surface area contributed by atoms with Gasteiger partial charge in [-0.25, -0.2) is 19.6 Å². The minimum Gasteiger partial charge on any atom is -0.465 e. The predicted octanol–water partition coefficient (Wildman–Crippen LogP) is 6.76. The molecule has 2 aromatic carbocycles. The van der Waals surface area contributed by atoms with E-state index in [1.165, 1.54) is 14.2 Å². The second-order valence-corrected chi connectivity index (χ2v) is 16.8. The molecule has 7 rings (SSSR count). The van der Waals surface area contributed by atoms with Crippen molar-refractivity contribution < 1.29 is 33.8 Å². The first-order valence-electron chi connectivity index (χ1n) is 21.2. The lowest BCUT2D eigenvalue weighted by molar-refractivity contribution is -0.140. The Morgan fingerprint density at radius 2 is 1.26 bits per heavy atom. The van der Waals surface area contributed by atoms with Gasteiger partial charge in [-0.2, -0.15) is 0 Å². The standard InChI is InChI=1S/C46H56N8O7/c1-27(2)40(52(5)46(58)59)44(56)54-29(4)8-20-38(54)42-48-26-36(50-42)33-17-13-31(14-18-33)10-9-30-11-15-32(16-12-30)35-25-47-41(49-35)37-19-7-28(3)53(37)43(55)39(51-45(57)60-6)34-21-23-61-24-22-34/h11-18,25-29,34,37-40H,7-8,19-24H2,1-6H3,(H,47,49)(H,48,50)(H,51,57)(H,58,59)/t28-,29-,37-,38-,39-,40-/m0/s1. The highest BCUT2D eigenvalue weighted by Crippen LogP contribution is 2.39. The summed E-state index contributed by atoms with van der Waals surface area (Å²) in [6, 6.07) is 13.7. The molecule has 61 heavy (non-hydrogen) atoms. The van der Waals surface area contributed by atoms with Crippen molar-refractivity contribution in [1.82, 2.24) is 40.0 Å². The number of carbonyl (C=O) groups is 4. The largest absolute Gasteiger partial charge is 0.465 e. The number of H-pyrrole nitrogens is 2. The minimum absolute atomic E-state index is 0.0181. The summed E-state index contributed by atoms with van der Waals surface area (Å²) >= 11 is 0. The Kier molecular flexibility index (Phi) is 13.1. The van der Waals surface area contributed by atoms with Crippen LogP contribution in [-0.2, 0) is 19.1 Å². The molecule has 3 fully saturated rings. The van der Waals surface area contributed by atoms with Gasteiger partial charge in [0.05, 0.1) is 43.0 Å². The Hall–Kier alpha value is -6.14. The minimum atomic E-state index is -1.13. The van der Waals surface area contributed by atoms with E-state index in [1.54, 1.807) is 17.3 Å². The summed E-state index contributed by atoms with van der Waals surface area (Å²) in [4.78, 5) is 73.1. The van der Waals surface area contributed by atoms with Crippen LogP contribution in [0.1, 0.15) is 101 Å². The van der Waals surface area contributed by atoms with Gasteiger partial charge in [0.2, 0.25) is 11.8 Å². The molecule has 0 unspecified atom stereocenters. The highest BCUT2D eigenvalue weighted by atomic mass is 16.5. The van der Waals surface area contributed by atoms with Crippen molar-refractivity contribution in [2.45, 2.75) is 102 Å². The van der Waals surface area contributed by atoms with Gasteiger partial charge >= 0.3 is 12.2 Å². The molecule has 15 nitrogen and oxygen atoms in total. The van der Waals surface area contributed by atoms with Gasteiger partial charge in [0.25, 0.3) is 0 Å². The molecule has 0 bridgehead atoms. The third-order valence-electron chi connectivity index (χ3n) is 12.5. The monoisotopic (exact) mass is 832 g/mol. The molecule has 2 aromatic heterocycles. The number of ether oxygens (including phenoxy) is 2. The van der Waals surface area contributed by atoms with Gasteiger partial charge in [-0.3, -0.25) is 14.5 Å². The zero-order valence-corrected chi connectivity index (χ0v) is 35.7. The summed E-state index contributed by atoms with van der Waals surface area (Å²) in [7, 11) is 2.75. The molecule has 4 aromatic rings. The van der Waals surface area contributed by atoms with Crippen molar-refractivity contribution >= 4 is 24.0 Å². The van der Waals surface area contributed by atoms with Crippen LogP contribution in [0, 0.1) is 23.7 Å². The van der Waals surface area contributed by atoms with E-state index >= 15 is 0 Å². The molecule has 0 saturated carbocycles. The average molecular weight is 833 g/mol. The highest BCUT2D eigenvalue weighted by molar-refractivity contribution is 5.87. The molecule has 0 spiro atoms. The van der Waals surface area contributed by atoms with Crippen LogP contribution in [0.2, 0.25) is 0 Å². The Morgan fingerprint density at radius 1 is 0.787 bits per heavy atom. The van der Waals surface area contributed by atoms with Gasteiger partial charge in [-0.1, -0.05) is 50.0 Å². The number of likely N-dealkylation sites (N-methyl/N-ethyl adjacent to an activating group) is 1. The van der Waals surface area contributed by atoms with Crippen molar-refractivity contribution in [2.75, 3.05) is 27.4 Å². The van der Waals surface area contributed by atoms with Crippen LogP contribution in [0.4, 0.5) is 9.59 Å². The fraction of sp³-hybridized carbons (Fsp3) is 0.478. The van der Waals surface area contributed by atoms with E-state index in [2.05, 4.69) is 32.1 Å². The fourth-order valence-corrected chi connectivity index (χ4v) is 9.11. The summed E-state index contributed by atoms with van der Waals surface area (Å²) < 4.78 is 10.4. The number of carbonyl (C=O) groups excluding carboxylic acids is 3. The summed E-state index contributed by atoms with van der Waals surface area (Å²) in [5, 5.41) is 12.5. The zero-order valence-electron chi connectivity index (χ0n) is 35.7. The number of hydrogen-bond donors (Lipinski definition) is 4. The number of rotatable bonds is 10. The van der Waals surface area contributed by atoms with Crippen molar-refractivity contribution in [3.8, 4) is 34.4 Å². The van der Waals surface area contributed by atoms with Gasteiger partial charge in [0.1, 0.15) is 23.7 Å². The van der Waals surface area contributed by atoms with Crippen molar-refractivity contribution in [1.29, 1.82) is 0 Å². The number of methoxy groups -OCH3 is 1. The quantitative estimate of drug-likeness (QED) is 0.125. The summed E-state index contributed by atoms with van der Waals surface area (Å²) in [5.41, 5.74) is 5.22. The Labute approximate surface area is 356 Å². The molecule has 3 aliphatic rings. The topological polar surface area (TPSA) is 186 Å². The zero-order chi connectivity index (χ0) is 43.4. The summed E-state index contributed by atoms with van der Waals surface area (Å²) in [5.74, 6) is 7.34. The number of nitrogens with zero attached hydrogens (tertiary/aromatic N) is 5. The van der Waals surface area contributed by atoms with Crippen LogP contribution < -0.4 is 5.32 Å². The van der Waals surface area contributed by atoms with Crippen LogP contribution >= 0.6 is 0 Å². The molecule has 322 valence electrons. The number of amides is 4. The molecule has 6 atom stereocenters.